The number of aliphatic carboxylic acids is 1. The van der Waals surface area contributed by atoms with Gasteiger partial charge in [0, 0.05) is 0 Å². The van der Waals surface area contributed by atoms with E-state index >= 15 is 0 Å². The van der Waals surface area contributed by atoms with Gasteiger partial charge in [-0.1, -0.05) is 0 Å². The molecule has 0 aromatic carbocycles. The van der Waals surface area contributed by atoms with Gasteiger partial charge in [-0.2, -0.15) is 11.8 Å². The Morgan fingerprint density at radius 3 is 2.81 bits per heavy atom. The summed E-state index contributed by atoms with van der Waals surface area (Å²) in [6.07, 6.45) is 2.22. The van der Waals surface area contributed by atoms with Gasteiger partial charge in [-0.05, 0) is 52.1 Å². The van der Waals surface area contributed by atoms with E-state index in [1.165, 1.54) is 0 Å². The Balaban J connectivity index is 1.53. The fourth-order valence-corrected chi connectivity index (χ4v) is 3.59. The van der Waals surface area contributed by atoms with Gasteiger partial charge in [-0.3, -0.25) is 4.79 Å². The molecule has 1 aliphatic carbocycles. The molecule has 0 unspecified atom stereocenters. The highest BCUT2D eigenvalue weighted by Crippen LogP contribution is 2.51. The topological polar surface area (TPSA) is 89.4 Å². The molecule has 2 aromatic heterocycles. The fourth-order valence-electron chi connectivity index (χ4n) is 2.07. The minimum atomic E-state index is -0.725. The van der Waals surface area contributed by atoms with Gasteiger partial charge in [-0.25, -0.2) is 0 Å². The lowest BCUT2D eigenvalue weighted by atomic mass is 10.1. The molecule has 1 saturated carbocycles. The van der Waals surface area contributed by atoms with Gasteiger partial charge in [0.25, 0.3) is 5.89 Å². The van der Waals surface area contributed by atoms with Crippen molar-refractivity contribution in [1.82, 2.24) is 10.2 Å². The first-order valence-corrected chi connectivity index (χ1v) is 8.39. The predicted molar refractivity (Wildman–Crippen MR) is 79.8 cm³/mol. The number of thioether (sulfide) groups is 1. The van der Waals surface area contributed by atoms with E-state index in [1.54, 1.807) is 23.9 Å². The number of carboxylic acid groups (broad SMARTS) is 1. The molecule has 0 atom stereocenters. The van der Waals surface area contributed by atoms with E-state index in [0.29, 0.717) is 28.0 Å². The Hall–Kier alpha value is -1.28. The van der Waals surface area contributed by atoms with Gasteiger partial charge in [0.05, 0.1) is 12.2 Å². The summed E-state index contributed by atoms with van der Waals surface area (Å²) in [4.78, 5) is 10.8. The number of hydrogen-bond donors (Lipinski definition) is 1. The molecule has 0 spiro atoms. The molecule has 21 heavy (non-hydrogen) atoms. The zero-order valence-electron chi connectivity index (χ0n) is 11.0. The quantitative estimate of drug-likeness (QED) is 0.793. The number of carbonyl (C=O) groups is 1. The maximum atomic E-state index is 10.8. The van der Waals surface area contributed by atoms with Crippen molar-refractivity contribution in [3.8, 4) is 11.7 Å². The average molecular weight is 373 g/mol. The van der Waals surface area contributed by atoms with Crippen LogP contribution in [0.4, 0.5) is 0 Å². The molecule has 0 radical (unpaired) electrons. The zero-order valence-corrected chi connectivity index (χ0v) is 13.4. The Morgan fingerprint density at radius 1 is 1.38 bits per heavy atom. The Morgan fingerprint density at radius 2 is 2.19 bits per heavy atom. The first-order valence-electron chi connectivity index (χ1n) is 6.44. The van der Waals surface area contributed by atoms with Crippen LogP contribution in [0.2, 0.25) is 0 Å². The second-order valence-electron chi connectivity index (χ2n) is 5.17. The molecule has 1 N–H and O–H groups in total. The summed E-state index contributed by atoms with van der Waals surface area (Å²) >= 11 is 4.85. The molecule has 3 rings (SSSR count). The van der Waals surface area contributed by atoms with Crippen molar-refractivity contribution in [1.29, 1.82) is 0 Å². The number of aromatic nitrogens is 2. The molecule has 0 saturated heterocycles. The van der Waals surface area contributed by atoms with Gasteiger partial charge in [0.2, 0.25) is 5.89 Å². The molecular weight excluding hydrogens is 360 g/mol. The highest BCUT2D eigenvalue weighted by Gasteiger charge is 2.44. The molecule has 0 bridgehead atoms. The summed E-state index contributed by atoms with van der Waals surface area (Å²) in [5, 5.41) is 16.8. The molecule has 112 valence electrons. The summed E-state index contributed by atoms with van der Waals surface area (Å²) in [6.45, 7) is 0. The molecule has 0 aliphatic heterocycles. The lowest BCUT2D eigenvalue weighted by molar-refractivity contribution is -0.138. The summed E-state index contributed by atoms with van der Waals surface area (Å²) in [5.41, 5.74) is -0.0226. The molecule has 8 heteroatoms. The predicted octanol–water partition coefficient (Wildman–Crippen LogP) is 3.58. The third kappa shape index (κ3) is 3.68. The van der Waals surface area contributed by atoms with Crippen LogP contribution in [0.5, 0.6) is 0 Å². The monoisotopic (exact) mass is 372 g/mol. The van der Waals surface area contributed by atoms with Crippen LogP contribution >= 0.6 is 27.7 Å². The molecule has 2 aromatic rings. The van der Waals surface area contributed by atoms with Crippen molar-refractivity contribution in [2.45, 2.75) is 25.0 Å². The molecular formula is C13H13BrN2O4S. The van der Waals surface area contributed by atoms with Crippen LogP contribution in [-0.2, 0) is 10.5 Å². The second kappa shape index (κ2) is 5.84. The van der Waals surface area contributed by atoms with Crippen molar-refractivity contribution >= 4 is 33.7 Å². The van der Waals surface area contributed by atoms with Crippen molar-refractivity contribution in [3.63, 3.8) is 0 Å². The van der Waals surface area contributed by atoms with E-state index in [1.807, 2.05) is 0 Å². The zero-order chi connectivity index (χ0) is 14.9. The number of carboxylic acids is 1. The minimum absolute atomic E-state index is 0.0226. The van der Waals surface area contributed by atoms with Crippen molar-refractivity contribution in [2.75, 3.05) is 5.75 Å². The number of halogens is 1. The summed E-state index contributed by atoms with van der Waals surface area (Å²) in [7, 11) is 0. The maximum Gasteiger partial charge on any atom is 0.303 e. The molecule has 2 heterocycles. The lowest BCUT2D eigenvalue weighted by Gasteiger charge is -2.10. The molecule has 1 fully saturated rings. The van der Waals surface area contributed by atoms with Crippen LogP contribution in [0.3, 0.4) is 0 Å². The summed E-state index contributed by atoms with van der Waals surface area (Å²) in [5.74, 6) is 2.06. The van der Waals surface area contributed by atoms with Crippen LogP contribution < -0.4 is 0 Å². The van der Waals surface area contributed by atoms with Gasteiger partial charge in [-0.15, -0.1) is 10.2 Å². The SMILES string of the molecule is O=C(O)CC1(CSCc2nnc(-c3ccc(Br)o3)o2)CC1. The van der Waals surface area contributed by atoms with Crippen molar-refractivity contribution in [2.24, 2.45) is 5.41 Å². The van der Waals surface area contributed by atoms with Crippen LogP contribution in [-0.4, -0.2) is 27.0 Å². The summed E-state index contributed by atoms with van der Waals surface area (Å²) < 4.78 is 11.5. The number of furan rings is 1. The van der Waals surface area contributed by atoms with Crippen LogP contribution in [0, 0.1) is 5.41 Å². The third-order valence-corrected chi connectivity index (χ3v) is 5.06. The highest BCUT2D eigenvalue weighted by molar-refractivity contribution is 9.10. The molecule has 0 amide bonds. The van der Waals surface area contributed by atoms with Crippen LogP contribution in [0.1, 0.15) is 25.2 Å². The first-order chi connectivity index (χ1) is 10.1. The largest absolute Gasteiger partial charge is 0.481 e. The Bertz CT molecular complexity index is 650. The van der Waals surface area contributed by atoms with Crippen LogP contribution in [0.25, 0.3) is 11.7 Å². The summed E-state index contributed by atoms with van der Waals surface area (Å²) in [6, 6.07) is 3.51. The maximum absolute atomic E-state index is 10.8. The Labute approximate surface area is 133 Å². The standard InChI is InChI=1S/C13H13BrN2O4S/c14-9-2-1-8(19-9)12-16-15-10(20-12)6-21-7-13(3-4-13)5-11(17)18/h1-2H,3-7H2,(H,17,18). The lowest BCUT2D eigenvalue weighted by Crippen LogP contribution is -2.11. The average Bonchev–Trinajstić information content (AvgIpc) is 2.86. The molecule has 6 nitrogen and oxygen atoms in total. The number of nitrogens with zero attached hydrogens (tertiary/aromatic N) is 2. The number of rotatable bonds is 7. The van der Waals surface area contributed by atoms with Gasteiger partial charge in [0.1, 0.15) is 0 Å². The molecule has 1 aliphatic rings. The second-order valence-corrected chi connectivity index (χ2v) is 6.94. The van der Waals surface area contributed by atoms with Gasteiger partial charge < -0.3 is 13.9 Å². The van der Waals surface area contributed by atoms with Crippen LogP contribution in [0.15, 0.2) is 25.6 Å². The van der Waals surface area contributed by atoms with E-state index in [4.69, 9.17) is 13.9 Å². The van der Waals surface area contributed by atoms with Gasteiger partial charge >= 0.3 is 5.97 Å². The normalized spacial score (nSPS) is 16.0. The van der Waals surface area contributed by atoms with E-state index in [-0.39, 0.29) is 11.8 Å². The van der Waals surface area contributed by atoms with Crippen molar-refractivity contribution in [3.05, 3.63) is 22.7 Å². The van der Waals surface area contributed by atoms with E-state index in [2.05, 4.69) is 26.1 Å². The van der Waals surface area contributed by atoms with Gasteiger partial charge in [0.15, 0.2) is 10.4 Å². The Kier molecular flexibility index (Phi) is 4.08. The minimum Gasteiger partial charge on any atom is -0.481 e. The smallest absolute Gasteiger partial charge is 0.303 e. The number of hydrogen-bond acceptors (Lipinski definition) is 6. The van der Waals surface area contributed by atoms with E-state index in [0.717, 1.165) is 18.6 Å². The first kappa shape index (κ1) is 14.6. The van der Waals surface area contributed by atoms with E-state index in [9.17, 15) is 4.79 Å². The highest BCUT2D eigenvalue weighted by atomic mass is 79.9. The third-order valence-electron chi connectivity index (χ3n) is 3.37. The fraction of sp³-hybridized carbons (Fsp3) is 0.462. The van der Waals surface area contributed by atoms with Crippen molar-refractivity contribution < 1.29 is 18.7 Å². The van der Waals surface area contributed by atoms with E-state index < -0.39 is 5.97 Å².